The number of rotatable bonds is 5. The molecule has 0 unspecified atom stereocenters. The Bertz CT molecular complexity index is 294. The topological polar surface area (TPSA) is 64.1 Å². The van der Waals surface area contributed by atoms with Crippen LogP contribution in [0.5, 0.6) is 0 Å². The summed E-state index contributed by atoms with van der Waals surface area (Å²) in [4.78, 5) is 0. The minimum Gasteiger partial charge on any atom is -0.396 e. The van der Waals surface area contributed by atoms with Gasteiger partial charge in [0.25, 0.3) is 0 Å². The molecule has 0 amide bonds. The van der Waals surface area contributed by atoms with Crippen molar-refractivity contribution >= 4 is 5.69 Å². The lowest BCUT2D eigenvalue weighted by Crippen LogP contribution is -2.03. The Morgan fingerprint density at radius 2 is 2.00 bits per heavy atom. The molecule has 80 valence electrons. The number of unbranched alkanes of at least 4 members (excludes halogenated alkanes) is 2. The molecule has 4 nitrogen and oxygen atoms in total. The van der Waals surface area contributed by atoms with Gasteiger partial charge in [0.1, 0.15) is 0 Å². The van der Waals surface area contributed by atoms with Crippen LogP contribution in [-0.4, -0.2) is 21.5 Å². The van der Waals surface area contributed by atoms with Crippen molar-refractivity contribution in [2.24, 2.45) is 0 Å². The summed E-state index contributed by atoms with van der Waals surface area (Å²) in [5.41, 5.74) is 8.56. The first-order valence-electron chi connectivity index (χ1n) is 5.07. The summed E-state index contributed by atoms with van der Waals surface area (Å²) in [6.45, 7) is 5.08. The lowest BCUT2D eigenvalue weighted by atomic mass is 10.2. The van der Waals surface area contributed by atoms with Crippen LogP contribution in [0.25, 0.3) is 0 Å². The normalized spacial score (nSPS) is 10.8. The van der Waals surface area contributed by atoms with Gasteiger partial charge in [0.05, 0.1) is 17.1 Å². The maximum atomic E-state index is 8.62. The molecule has 0 atom stereocenters. The highest BCUT2D eigenvalue weighted by Gasteiger charge is 2.06. The van der Waals surface area contributed by atoms with Crippen molar-refractivity contribution in [3.05, 3.63) is 11.4 Å². The molecular formula is C10H19N3O. The lowest BCUT2D eigenvalue weighted by Gasteiger charge is -2.03. The first-order valence-corrected chi connectivity index (χ1v) is 5.07. The predicted molar refractivity (Wildman–Crippen MR) is 57.1 cm³/mol. The summed E-state index contributed by atoms with van der Waals surface area (Å²) in [7, 11) is 0. The molecule has 0 fully saturated rings. The molecule has 1 heterocycles. The summed E-state index contributed by atoms with van der Waals surface area (Å²) in [6.07, 6.45) is 2.95. The molecule has 1 rings (SSSR count). The Labute approximate surface area is 84.7 Å². The second kappa shape index (κ2) is 5.00. The van der Waals surface area contributed by atoms with E-state index in [-0.39, 0.29) is 6.61 Å². The predicted octanol–water partition coefficient (Wildman–Crippen LogP) is 1.24. The van der Waals surface area contributed by atoms with Gasteiger partial charge in [-0.3, -0.25) is 4.68 Å². The molecule has 0 aliphatic carbocycles. The molecule has 1 aromatic rings. The lowest BCUT2D eigenvalue weighted by molar-refractivity contribution is 0.281. The standard InChI is InChI=1S/C10H19N3O/c1-8-10(11)9(2)13(12-8)6-4-3-5-7-14/h14H,3-7,11H2,1-2H3. The van der Waals surface area contributed by atoms with E-state index in [0.717, 1.165) is 42.9 Å². The van der Waals surface area contributed by atoms with E-state index < -0.39 is 0 Å². The molecule has 0 radical (unpaired) electrons. The largest absolute Gasteiger partial charge is 0.396 e. The third-order valence-corrected chi connectivity index (χ3v) is 2.47. The Hall–Kier alpha value is -1.03. The van der Waals surface area contributed by atoms with Gasteiger partial charge < -0.3 is 10.8 Å². The van der Waals surface area contributed by atoms with Gasteiger partial charge in [-0.05, 0) is 33.1 Å². The quantitative estimate of drug-likeness (QED) is 0.698. The number of anilines is 1. The van der Waals surface area contributed by atoms with Crippen LogP contribution in [0.2, 0.25) is 0 Å². The molecular weight excluding hydrogens is 178 g/mol. The van der Waals surface area contributed by atoms with Gasteiger partial charge in [0.2, 0.25) is 0 Å². The van der Waals surface area contributed by atoms with Crippen LogP contribution in [0.4, 0.5) is 5.69 Å². The number of hydrogen-bond acceptors (Lipinski definition) is 3. The van der Waals surface area contributed by atoms with E-state index >= 15 is 0 Å². The zero-order valence-corrected chi connectivity index (χ0v) is 8.95. The van der Waals surface area contributed by atoms with E-state index in [2.05, 4.69) is 5.10 Å². The van der Waals surface area contributed by atoms with Crippen LogP contribution in [0, 0.1) is 13.8 Å². The molecule has 4 heteroatoms. The molecule has 0 saturated heterocycles. The summed E-state index contributed by atoms with van der Waals surface area (Å²) in [5, 5.41) is 13.0. The zero-order chi connectivity index (χ0) is 10.6. The van der Waals surface area contributed by atoms with Crippen molar-refractivity contribution < 1.29 is 5.11 Å². The number of nitrogen functional groups attached to an aromatic ring is 1. The van der Waals surface area contributed by atoms with Crippen molar-refractivity contribution in [1.29, 1.82) is 0 Å². The van der Waals surface area contributed by atoms with Crippen LogP contribution in [0.3, 0.4) is 0 Å². The average Bonchev–Trinajstić information content (AvgIpc) is 2.41. The number of aliphatic hydroxyl groups is 1. The van der Waals surface area contributed by atoms with Gasteiger partial charge in [-0.2, -0.15) is 5.10 Å². The molecule has 0 aliphatic heterocycles. The Morgan fingerprint density at radius 1 is 1.29 bits per heavy atom. The van der Waals surface area contributed by atoms with Crippen LogP contribution < -0.4 is 5.73 Å². The highest BCUT2D eigenvalue weighted by molar-refractivity contribution is 5.46. The van der Waals surface area contributed by atoms with Crippen molar-refractivity contribution in [3.8, 4) is 0 Å². The molecule has 14 heavy (non-hydrogen) atoms. The Morgan fingerprint density at radius 3 is 2.50 bits per heavy atom. The maximum absolute atomic E-state index is 8.62. The van der Waals surface area contributed by atoms with Gasteiger partial charge in [0, 0.05) is 13.2 Å². The minimum atomic E-state index is 0.277. The van der Waals surface area contributed by atoms with Crippen LogP contribution in [-0.2, 0) is 6.54 Å². The zero-order valence-electron chi connectivity index (χ0n) is 8.95. The third kappa shape index (κ3) is 2.48. The highest BCUT2D eigenvalue weighted by atomic mass is 16.2. The second-order valence-electron chi connectivity index (χ2n) is 3.59. The van der Waals surface area contributed by atoms with Crippen molar-refractivity contribution in [2.45, 2.75) is 39.7 Å². The average molecular weight is 197 g/mol. The van der Waals surface area contributed by atoms with E-state index in [0.29, 0.717) is 0 Å². The van der Waals surface area contributed by atoms with Gasteiger partial charge in [-0.25, -0.2) is 0 Å². The van der Waals surface area contributed by atoms with Gasteiger partial charge in [-0.15, -0.1) is 0 Å². The molecule has 3 N–H and O–H groups in total. The molecule has 0 bridgehead atoms. The fraction of sp³-hybridized carbons (Fsp3) is 0.700. The molecule has 0 saturated carbocycles. The Kier molecular flexibility index (Phi) is 3.95. The van der Waals surface area contributed by atoms with Gasteiger partial charge >= 0.3 is 0 Å². The number of aryl methyl sites for hydroxylation is 2. The van der Waals surface area contributed by atoms with Gasteiger partial charge in [-0.1, -0.05) is 0 Å². The molecule has 0 aliphatic rings. The molecule has 1 aromatic heterocycles. The number of nitrogens with two attached hydrogens (primary N) is 1. The van der Waals surface area contributed by atoms with Crippen molar-refractivity contribution in [1.82, 2.24) is 9.78 Å². The second-order valence-corrected chi connectivity index (χ2v) is 3.59. The fourth-order valence-corrected chi connectivity index (χ4v) is 1.48. The van der Waals surface area contributed by atoms with E-state index in [1.54, 1.807) is 0 Å². The summed E-state index contributed by atoms with van der Waals surface area (Å²) in [5.74, 6) is 0. The highest BCUT2D eigenvalue weighted by Crippen LogP contribution is 2.15. The number of hydrogen-bond donors (Lipinski definition) is 2. The first-order chi connectivity index (χ1) is 6.66. The van der Waals surface area contributed by atoms with Crippen LogP contribution in [0.1, 0.15) is 30.7 Å². The third-order valence-electron chi connectivity index (χ3n) is 2.47. The van der Waals surface area contributed by atoms with E-state index in [4.69, 9.17) is 10.8 Å². The van der Waals surface area contributed by atoms with Crippen molar-refractivity contribution in [2.75, 3.05) is 12.3 Å². The van der Waals surface area contributed by atoms with Crippen LogP contribution >= 0.6 is 0 Å². The SMILES string of the molecule is Cc1nn(CCCCCO)c(C)c1N. The minimum absolute atomic E-state index is 0.277. The molecule has 0 aromatic carbocycles. The number of nitrogens with zero attached hydrogens (tertiary/aromatic N) is 2. The van der Waals surface area contributed by atoms with Crippen LogP contribution in [0.15, 0.2) is 0 Å². The first kappa shape index (κ1) is 11.0. The van der Waals surface area contributed by atoms with E-state index in [1.807, 2.05) is 18.5 Å². The smallest absolute Gasteiger partial charge is 0.0825 e. The Balaban J connectivity index is 2.47. The van der Waals surface area contributed by atoms with Crippen molar-refractivity contribution in [3.63, 3.8) is 0 Å². The fourth-order valence-electron chi connectivity index (χ4n) is 1.48. The summed E-state index contributed by atoms with van der Waals surface area (Å²) < 4.78 is 1.95. The monoisotopic (exact) mass is 197 g/mol. The summed E-state index contributed by atoms with van der Waals surface area (Å²) in [6, 6.07) is 0. The maximum Gasteiger partial charge on any atom is 0.0825 e. The van der Waals surface area contributed by atoms with E-state index in [1.165, 1.54) is 0 Å². The summed E-state index contributed by atoms with van der Waals surface area (Å²) >= 11 is 0. The molecule has 0 spiro atoms. The number of aliphatic hydroxyl groups excluding tert-OH is 1. The van der Waals surface area contributed by atoms with Gasteiger partial charge in [0.15, 0.2) is 0 Å². The number of aromatic nitrogens is 2. The van der Waals surface area contributed by atoms with E-state index in [9.17, 15) is 0 Å².